The Morgan fingerprint density at radius 2 is 1.50 bits per heavy atom. The van der Waals surface area contributed by atoms with Gasteiger partial charge in [-0.1, -0.05) is 93.6 Å². The Labute approximate surface area is 111 Å². The molecule has 0 heterocycles. The molecular formula is C18H24. The fourth-order valence-corrected chi connectivity index (χ4v) is 1.16. The molecule has 0 saturated heterocycles. The van der Waals surface area contributed by atoms with Crippen LogP contribution in [0.25, 0.3) is 12.7 Å². The third kappa shape index (κ3) is 8.35. The Hall–Kier alpha value is -1.82. The first-order chi connectivity index (χ1) is 8.76. The van der Waals surface area contributed by atoms with E-state index >= 15 is 0 Å². The van der Waals surface area contributed by atoms with Crippen molar-refractivity contribution in [3.05, 3.63) is 71.2 Å². The van der Waals surface area contributed by atoms with Crippen molar-refractivity contribution in [1.29, 1.82) is 0 Å². The van der Waals surface area contributed by atoms with E-state index in [-0.39, 0.29) is 0 Å². The molecule has 0 N–H and O–H groups in total. The monoisotopic (exact) mass is 240 g/mol. The minimum absolute atomic E-state index is 1.06. The maximum absolute atomic E-state index is 3.95. The van der Waals surface area contributed by atoms with Gasteiger partial charge in [-0.25, -0.2) is 0 Å². The van der Waals surface area contributed by atoms with Gasteiger partial charge in [0.05, 0.1) is 0 Å². The maximum atomic E-state index is 3.95. The minimum atomic E-state index is 1.06. The van der Waals surface area contributed by atoms with E-state index in [1.54, 1.807) is 0 Å². The van der Waals surface area contributed by atoms with Crippen molar-refractivity contribution in [2.24, 2.45) is 0 Å². The molecule has 0 aliphatic heterocycles. The molecule has 0 radical (unpaired) electrons. The summed E-state index contributed by atoms with van der Waals surface area (Å²) in [5.74, 6) is 0. The van der Waals surface area contributed by atoms with Crippen LogP contribution in [0.2, 0.25) is 0 Å². The second kappa shape index (κ2) is 11.7. The molecule has 0 saturated carbocycles. The van der Waals surface area contributed by atoms with Gasteiger partial charge in [0, 0.05) is 0 Å². The molecule has 0 aromatic heterocycles. The summed E-state index contributed by atoms with van der Waals surface area (Å²) in [7, 11) is 0. The van der Waals surface area contributed by atoms with Crippen LogP contribution in [0, 0.1) is 0 Å². The van der Waals surface area contributed by atoms with E-state index in [1.165, 1.54) is 6.42 Å². The third-order valence-electron chi connectivity index (χ3n) is 1.97. The zero-order chi connectivity index (χ0) is 13.6. The first kappa shape index (κ1) is 16.2. The fourth-order valence-electron chi connectivity index (χ4n) is 1.16. The molecular weight excluding hydrogens is 216 g/mol. The van der Waals surface area contributed by atoms with Crippen LogP contribution in [0.5, 0.6) is 0 Å². The Kier molecular flexibility index (Phi) is 10.5. The summed E-state index contributed by atoms with van der Waals surface area (Å²) in [5.41, 5.74) is 0. The van der Waals surface area contributed by atoms with Gasteiger partial charge in [-0.3, -0.25) is 0 Å². The first-order valence-electron chi connectivity index (χ1n) is 6.46. The van der Waals surface area contributed by atoms with E-state index in [0.717, 1.165) is 10.4 Å². The highest BCUT2D eigenvalue weighted by Crippen LogP contribution is 1.80. The molecule has 0 aliphatic carbocycles. The zero-order valence-electron chi connectivity index (χ0n) is 11.8. The Morgan fingerprint density at radius 3 is 2.11 bits per heavy atom. The van der Waals surface area contributed by atoms with E-state index in [1.807, 2.05) is 61.6 Å². The maximum Gasteiger partial charge on any atom is -0.0190 e. The first-order valence-corrected chi connectivity index (χ1v) is 6.46. The van der Waals surface area contributed by atoms with E-state index in [9.17, 15) is 0 Å². The summed E-state index contributed by atoms with van der Waals surface area (Å²) in [6.07, 6.45) is 15.3. The second-order valence-electron chi connectivity index (χ2n) is 3.87. The lowest BCUT2D eigenvalue weighted by atomic mass is 10.2. The van der Waals surface area contributed by atoms with Crippen LogP contribution in [0.1, 0.15) is 27.2 Å². The molecule has 1 rings (SSSR count). The molecule has 0 bridgehead atoms. The lowest BCUT2D eigenvalue weighted by Crippen LogP contribution is -2.21. The van der Waals surface area contributed by atoms with Gasteiger partial charge in [0.1, 0.15) is 0 Å². The van der Waals surface area contributed by atoms with Crippen LogP contribution in [-0.4, -0.2) is 0 Å². The minimum Gasteiger partial charge on any atom is -0.0912 e. The van der Waals surface area contributed by atoms with Crippen LogP contribution >= 0.6 is 0 Å². The van der Waals surface area contributed by atoms with Crippen LogP contribution in [0.4, 0.5) is 0 Å². The van der Waals surface area contributed by atoms with Gasteiger partial charge >= 0.3 is 0 Å². The van der Waals surface area contributed by atoms with Crippen molar-refractivity contribution in [3.8, 4) is 0 Å². The van der Waals surface area contributed by atoms with E-state index in [2.05, 4.69) is 32.6 Å². The van der Waals surface area contributed by atoms with Crippen LogP contribution in [0.3, 0.4) is 0 Å². The zero-order valence-corrected chi connectivity index (χ0v) is 11.8. The van der Waals surface area contributed by atoms with Crippen LogP contribution in [-0.2, 0) is 0 Å². The van der Waals surface area contributed by atoms with Gasteiger partial charge in [0.25, 0.3) is 0 Å². The highest BCUT2D eigenvalue weighted by atomic mass is 13.8. The lowest BCUT2D eigenvalue weighted by Gasteiger charge is -1.84. The summed E-state index contributed by atoms with van der Waals surface area (Å²) in [5, 5.41) is 2.22. The number of hydrogen-bond donors (Lipinski definition) is 0. The standard InChI is InChI=1S/C15H16.C3H8/c1-3-4-5-6-7-8-12-15-13-10-9-11-14(15)2;1-3-2/h3-13H,2H2,1H3;3H2,1-2H3/b4-3-,6-5-,8-7+,15-12-;. The van der Waals surface area contributed by atoms with E-state index < -0.39 is 0 Å². The summed E-state index contributed by atoms with van der Waals surface area (Å²) in [4.78, 5) is 0. The predicted molar refractivity (Wildman–Crippen MR) is 84.7 cm³/mol. The van der Waals surface area contributed by atoms with Crippen molar-refractivity contribution in [2.45, 2.75) is 27.2 Å². The van der Waals surface area contributed by atoms with Gasteiger partial charge in [0.15, 0.2) is 0 Å². The molecule has 0 unspecified atom stereocenters. The molecule has 18 heavy (non-hydrogen) atoms. The highest BCUT2D eigenvalue weighted by molar-refractivity contribution is 5.39. The Balaban J connectivity index is 0.000000873. The summed E-state index contributed by atoms with van der Waals surface area (Å²) >= 11 is 0. The summed E-state index contributed by atoms with van der Waals surface area (Å²) < 4.78 is 0. The second-order valence-corrected chi connectivity index (χ2v) is 3.87. The topological polar surface area (TPSA) is 0 Å². The molecule has 1 aromatic rings. The van der Waals surface area contributed by atoms with Gasteiger partial charge in [0.2, 0.25) is 0 Å². The molecule has 0 fully saturated rings. The Bertz CT molecular complexity index is 487. The van der Waals surface area contributed by atoms with Crippen molar-refractivity contribution in [1.82, 2.24) is 0 Å². The predicted octanol–water partition coefficient (Wildman–Crippen LogP) is 3.98. The van der Waals surface area contributed by atoms with Gasteiger partial charge < -0.3 is 0 Å². The average Bonchev–Trinajstić information content (AvgIpc) is 2.37. The van der Waals surface area contributed by atoms with Crippen LogP contribution < -0.4 is 10.4 Å². The van der Waals surface area contributed by atoms with Gasteiger partial charge in [-0.05, 0) is 17.4 Å². The number of benzene rings is 1. The Morgan fingerprint density at radius 1 is 0.944 bits per heavy atom. The van der Waals surface area contributed by atoms with E-state index in [4.69, 9.17) is 0 Å². The van der Waals surface area contributed by atoms with Crippen molar-refractivity contribution in [2.75, 3.05) is 0 Å². The third-order valence-corrected chi connectivity index (χ3v) is 1.97. The van der Waals surface area contributed by atoms with E-state index in [0.29, 0.717) is 0 Å². The molecule has 0 heteroatoms. The van der Waals surface area contributed by atoms with Crippen molar-refractivity contribution < 1.29 is 0 Å². The fraction of sp³-hybridized carbons (Fsp3) is 0.222. The molecule has 96 valence electrons. The molecule has 0 amide bonds. The molecule has 1 aromatic carbocycles. The molecule has 0 atom stereocenters. The normalized spacial score (nSPS) is 12.3. The van der Waals surface area contributed by atoms with Gasteiger partial charge in [-0.15, -0.1) is 0 Å². The number of hydrogen-bond acceptors (Lipinski definition) is 0. The highest BCUT2D eigenvalue weighted by Gasteiger charge is 1.76. The lowest BCUT2D eigenvalue weighted by molar-refractivity contribution is 1.09. The number of allylic oxidation sites excluding steroid dienone is 6. The van der Waals surface area contributed by atoms with Crippen molar-refractivity contribution >= 4 is 12.7 Å². The smallest absolute Gasteiger partial charge is 0.0190 e. The van der Waals surface area contributed by atoms with Crippen molar-refractivity contribution in [3.63, 3.8) is 0 Å². The molecule has 0 nitrogen and oxygen atoms in total. The average molecular weight is 240 g/mol. The van der Waals surface area contributed by atoms with Gasteiger partial charge in [-0.2, -0.15) is 0 Å². The SMILES string of the molecule is C=c1cccc/c1=C/C=C/C=C\C=C/C.CCC. The summed E-state index contributed by atoms with van der Waals surface area (Å²) in [6, 6.07) is 8.08. The quantitative estimate of drug-likeness (QED) is 0.701. The number of rotatable bonds is 3. The largest absolute Gasteiger partial charge is 0.0912 e. The summed E-state index contributed by atoms with van der Waals surface area (Å²) in [6.45, 7) is 10.2. The molecule has 0 spiro atoms. The van der Waals surface area contributed by atoms with Crippen LogP contribution in [0.15, 0.2) is 60.7 Å². The molecule has 0 aliphatic rings.